The number of carbonyl (C=O) groups excluding carboxylic acids is 11. The summed E-state index contributed by atoms with van der Waals surface area (Å²) >= 11 is 0. The number of phenols is 1. The van der Waals surface area contributed by atoms with E-state index in [2.05, 4.69) is 44.1 Å². The van der Waals surface area contributed by atoms with Gasteiger partial charge in [0.25, 0.3) is 0 Å². The molecule has 2 aliphatic heterocycles. The number of aliphatic hydroxyl groups is 1. The number of nitrogens with one attached hydrogen (secondary N) is 7. The van der Waals surface area contributed by atoms with Crippen LogP contribution in [0.4, 0.5) is 0 Å². The Labute approximate surface area is 450 Å². The molecule has 0 aromatic heterocycles. The number of carbonyl (C=O) groups is 11. The average molecular weight is 1090 g/mol. The Kier molecular flexibility index (Phi) is 29.0. The summed E-state index contributed by atoms with van der Waals surface area (Å²) in [6.45, 7) is 0.891. The molecule has 8 atom stereocenters. The number of hydrogen-bond acceptors (Lipinski definition) is 14. The lowest BCUT2D eigenvalue weighted by Crippen LogP contribution is -2.59. The minimum Gasteiger partial charge on any atom is -0.508 e. The van der Waals surface area contributed by atoms with Crippen molar-refractivity contribution in [1.29, 1.82) is 0 Å². The van der Waals surface area contributed by atoms with Crippen LogP contribution in [0.1, 0.15) is 154 Å². The summed E-state index contributed by atoms with van der Waals surface area (Å²) in [7, 11) is 0. The van der Waals surface area contributed by atoms with Gasteiger partial charge in [-0.25, -0.2) is 0 Å². The van der Waals surface area contributed by atoms with E-state index < -0.39 is 146 Å². The summed E-state index contributed by atoms with van der Waals surface area (Å²) < 4.78 is 0. The van der Waals surface area contributed by atoms with Gasteiger partial charge in [-0.05, 0) is 43.4 Å². The summed E-state index contributed by atoms with van der Waals surface area (Å²) in [4.78, 5) is 149. The van der Waals surface area contributed by atoms with Crippen LogP contribution >= 0.6 is 0 Å². The summed E-state index contributed by atoms with van der Waals surface area (Å²) in [5.74, 6) is -10.2. The molecule has 0 aliphatic carbocycles. The van der Waals surface area contributed by atoms with E-state index in [1.54, 1.807) is 0 Å². The Bertz CT molecular complexity index is 2150. The average Bonchev–Trinajstić information content (AvgIpc) is 3.86. The minimum absolute atomic E-state index is 0.0389. The Morgan fingerprint density at radius 2 is 1.05 bits per heavy atom. The normalized spacial score (nSPS) is 23.7. The van der Waals surface area contributed by atoms with Crippen LogP contribution in [0, 0.1) is 0 Å². The molecule has 2 saturated heterocycles. The van der Waals surface area contributed by atoms with Crippen LogP contribution in [0.25, 0.3) is 0 Å². The van der Waals surface area contributed by atoms with E-state index in [4.69, 9.17) is 22.9 Å². The Hall–Kier alpha value is -6.89. The first kappa shape index (κ1) is 64.4. The van der Waals surface area contributed by atoms with E-state index >= 15 is 0 Å². The summed E-state index contributed by atoms with van der Waals surface area (Å²) in [5, 5.41) is 38.4. The van der Waals surface area contributed by atoms with Crippen LogP contribution in [0.3, 0.4) is 0 Å². The number of phenolic OH excluding ortho intramolecular Hbond substituents is 1. The number of unbranched alkanes of at least 4 members (excludes halogenated alkanes) is 12. The third kappa shape index (κ3) is 24.8. The first-order valence-electron chi connectivity index (χ1n) is 27.1. The third-order valence-corrected chi connectivity index (χ3v) is 13.6. The van der Waals surface area contributed by atoms with E-state index in [0.717, 1.165) is 38.5 Å². The molecule has 4 unspecified atom stereocenters. The van der Waals surface area contributed by atoms with Crippen LogP contribution < -0.4 is 60.2 Å². The largest absolute Gasteiger partial charge is 0.508 e. The fraction of sp³-hybridized carbons (Fsp3) is 0.673. The van der Waals surface area contributed by atoms with Gasteiger partial charge in [0.05, 0.1) is 31.5 Å². The highest BCUT2D eigenvalue weighted by molar-refractivity contribution is 5.98. The molecule has 17 N–H and O–H groups in total. The van der Waals surface area contributed by atoms with Crippen LogP contribution in [0.5, 0.6) is 5.75 Å². The number of aromatic hydroxyl groups is 1. The molecule has 77 heavy (non-hydrogen) atoms. The van der Waals surface area contributed by atoms with Crippen LogP contribution in [0.15, 0.2) is 24.3 Å². The lowest BCUT2D eigenvalue weighted by Gasteiger charge is -2.31. The van der Waals surface area contributed by atoms with Crippen LogP contribution in [-0.2, 0) is 59.2 Å². The molecule has 2 fully saturated rings. The van der Waals surface area contributed by atoms with Gasteiger partial charge in [-0.15, -0.1) is 0 Å². The monoisotopic (exact) mass is 1080 g/mol. The molecule has 25 nitrogen and oxygen atoms in total. The molecule has 25 heteroatoms. The molecule has 11 amide bonds. The zero-order valence-electron chi connectivity index (χ0n) is 44.5. The topological polar surface area (TPSA) is 420 Å². The SMILES string of the molecule is CCCCCCCCCCCCCCC[C@H]1CC(=O)NC(CC(N)=O)C(=O)N[C@H](Cc2ccc(O)cc2)C(=O)NC(CC(N)=O)CNC(CCC(N)=O)C(=O)N2CCC[C@H]2C(=O)NC(CO)C(=O)N[C@@H](CC(N)=O)C(=O)N1. The zero-order chi connectivity index (χ0) is 56.9. The minimum atomic E-state index is -1.71. The van der Waals surface area contributed by atoms with Crippen molar-refractivity contribution in [2.45, 2.75) is 203 Å². The molecular weight excluding hydrogens is 1000 g/mol. The van der Waals surface area contributed by atoms with Gasteiger partial charge in [-0.2, -0.15) is 0 Å². The summed E-state index contributed by atoms with van der Waals surface area (Å²) in [6.07, 6.45) is 11.1. The lowest BCUT2D eigenvalue weighted by molar-refractivity contribution is -0.141. The van der Waals surface area contributed by atoms with Gasteiger partial charge < -0.3 is 75.3 Å². The zero-order valence-corrected chi connectivity index (χ0v) is 44.5. The number of nitrogens with two attached hydrogens (primary N) is 4. The highest BCUT2D eigenvalue weighted by atomic mass is 16.3. The molecule has 0 radical (unpaired) electrons. The predicted octanol–water partition coefficient (Wildman–Crippen LogP) is -1.44. The van der Waals surface area contributed by atoms with Gasteiger partial charge in [0.1, 0.15) is 36.0 Å². The lowest BCUT2D eigenvalue weighted by atomic mass is 10.0. The van der Waals surface area contributed by atoms with Gasteiger partial charge in [-0.3, -0.25) is 52.7 Å². The van der Waals surface area contributed by atoms with Crippen molar-refractivity contribution in [2.24, 2.45) is 22.9 Å². The van der Waals surface area contributed by atoms with Crippen molar-refractivity contribution in [3.63, 3.8) is 0 Å². The van der Waals surface area contributed by atoms with E-state index in [-0.39, 0.29) is 50.9 Å². The second-order valence-corrected chi connectivity index (χ2v) is 20.2. The molecule has 0 bridgehead atoms. The highest BCUT2D eigenvalue weighted by Gasteiger charge is 2.40. The predicted molar refractivity (Wildman–Crippen MR) is 282 cm³/mol. The van der Waals surface area contributed by atoms with Crippen LogP contribution in [-0.4, -0.2) is 148 Å². The number of amides is 11. The molecule has 1 aromatic carbocycles. The second-order valence-electron chi connectivity index (χ2n) is 20.2. The molecule has 0 saturated carbocycles. The molecular formula is C52H84N12O13. The van der Waals surface area contributed by atoms with Crippen molar-refractivity contribution < 1.29 is 63.0 Å². The van der Waals surface area contributed by atoms with Gasteiger partial charge in [0.15, 0.2) is 0 Å². The number of primary amides is 4. The number of rotatable bonds is 26. The van der Waals surface area contributed by atoms with E-state index in [1.807, 2.05) is 0 Å². The number of aliphatic hydroxyl groups excluding tert-OH is 1. The van der Waals surface area contributed by atoms with Gasteiger partial charge in [0.2, 0.25) is 65.0 Å². The molecule has 1 aromatic rings. The fourth-order valence-corrected chi connectivity index (χ4v) is 9.42. The third-order valence-electron chi connectivity index (χ3n) is 13.6. The first-order valence-corrected chi connectivity index (χ1v) is 27.1. The number of nitrogens with zero attached hydrogens (tertiary/aromatic N) is 1. The molecule has 0 spiro atoms. The molecule has 2 aliphatic rings. The van der Waals surface area contributed by atoms with E-state index in [9.17, 15) is 63.0 Å². The maximum absolute atomic E-state index is 14.3. The molecule has 430 valence electrons. The van der Waals surface area contributed by atoms with Gasteiger partial charge in [0, 0.05) is 44.8 Å². The van der Waals surface area contributed by atoms with Crippen molar-refractivity contribution in [3.05, 3.63) is 29.8 Å². The van der Waals surface area contributed by atoms with Gasteiger partial charge in [-0.1, -0.05) is 103 Å². The number of benzene rings is 1. The Morgan fingerprint density at radius 3 is 1.61 bits per heavy atom. The second kappa shape index (κ2) is 34.7. The quantitative estimate of drug-likeness (QED) is 0.0473. The highest BCUT2D eigenvalue weighted by Crippen LogP contribution is 2.21. The van der Waals surface area contributed by atoms with Crippen molar-refractivity contribution in [2.75, 3.05) is 19.7 Å². The number of hydrogen-bond donors (Lipinski definition) is 13. The van der Waals surface area contributed by atoms with Crippen molar-refractivity contribution in [1.82, 2.24) is 42.1 Å². The summed E-state index contributed by atoms with van der Waals surface area (Å²) in [5.41, 5.74) is 22.5. The standard InChI is InChI=1S/C52H84N12O13/c1-2-3-4-5-6-7-8-9-10-11-12-13-14-16-33-27-46(71)60-38(28-44(55)69)49(74)61-37(25-32-18-20-35(66)21-19-32)47(72)59-34(26-43(54)68)30-57-36(22-23-42(53)67)52(77)64-24-15-17-41(64)51(76)63-40(31-65)50(75)62-39(29-45(56)70)48(73)58-33/h18-21,33-34,36-41,57,65-66H,2-17,22-31H2,1H3,(H2,53,67)(H2,54,68)(H2,55,69)(H2,56,70)(H,58,73)(H,59,72)(H,60,71)(H,61,74)(H,62,75)(H,63,76)/t33-,34?,36?,37+,38?,39-,40?,41-/m0/s1. The Balaban J connectivity index is 2.03. The summed E-state index contributed by atoms with van der Waals surface area (Å²) in [6, 6.07) is -5.58. The molecule has 2 heterocycles. The number of fused-ring (bicyclic) bond motifs is 1. The van der Waals surface area contributed by atoms with Crippen molar-refractivity contribution >= 4 is 65.0 Å². The van der Waals surface area contributed by atoms with E-state index in [1.165, 1.54) is 67.7 Å². The fourth-order valence-electron chi connectivity index (χ4n) is 9.42. The van der Waals surface area contributed by atoms with Crippen LogP contribution in [0.2, 0.25) is 0 Å². The maximum atomic E-state index is 14.3. The first-order chi connectivity index (χ1) is 36.7. The Morgan fingerprint density at radius 1 is 0.558 bits per heavy atom. The van der Waals surface area contributed by atoms with Crippen molar-refractivity contribution in [3.8, 4) is 5.75 Å². The van der Waals surface area contributed by atoms with Gasteiger partial charge >= 0.3 is 0 Å². The smallest absolute Gasteiger partial charge is 0.245 e. The maximum Gasteiger partial charge on any atom is 0.245 e. The van der Waals surface area contributed by atoms with E-state index in [0.29, 0.717) is 18.4 Å². The molecule has 3 rings (SSSR count).